The number of ether oxygens (including phenoxy) is 2. The van der Waals surface area contributed by atoms with Crippen molar-refractivity contribution in [2.45, 2.75) is 0 Å². The van der Waals surface area contributed by atoms with Gasteiger partial charge in [0.25, 0.3) is 0 Å². The first-order chi connectivity index (χ1) is 11.4. The molecule has 1 aromatic carbocycles. The number of carboxylic acids is 1. The van der Waals surface area contributed by atoms with Crippen LogP contribution in [0.2, 0.25) is 0 Å². The topological polar surface area (TPSA) is 157 Å². The van der Waals surface area contributed by atoms with Crippen LogP contribution in [0.1, 0.15) is 5.56 Å². The average molecular weight is 441 g/mol. The first-order valence-corrected chi connectivity index (χ1v) is 7.50. The summed E-state index contributed by atoms with van der Waals surface area (Å²) in [6.07, 6.45) is 0. The van der Waals surface area contributed by atoms with Crippen molar-refractivity contribution >= 4 is 40.3 Å². The van der Waals surface area contributed by atoms with Gasteiger partial charge in [-0.05, 0) is 34.7 Å². The summed E-state index contributed by atoms with van der Waals surface area (Å²) in [4.78, 5) is 18.5. The first kappa shape index (κ1) is 17.5. The predicted octanol–water partition coefficient (Wildman–Crippen LogP) is 1.26. The number of nitrogen functional groups attached to an aromatic ring is 2. The molecule has 2 aromatic rings. The molecule has 0 bridgehead atoms. The van der Waals surface area contributed by atoms with Crippen LogP contribution in [0.3, 0.4) is 0 Å². The minimum absolute atomic E-state index is 0.0276. The number of carbonyl (C=O) groups is 1. The van der Waals surface area contributed by atoms with Gasteiger partial charge in [-0.1, -0.05) is 0 Å². The number of anilines is 2. The van der Waals surface area contributed by atoms with Gasteiger partial charge in [0.1, 0.15) is 17.5 Å². The molecule has 2 rings (SSSR count). The van der Waals surface area contributed by atoms with Gasteiger partial charge >= 0.3 is 5.97 Å². The van der Waals surface area contributed by atoms with Crippen molar-refractivity contribution < 1.29 is 19.4 Å². The summed E-state index contributed by atoms with van der Waals surface area (Å²) in [6.45, 7) is -0.511. The van der Waals surface area contributed by atoms with Crippen molar-refractivity contribution in [1.29, 1.82) is 5.26 Å². The van der Waals surface area contributed by atoms with Gasteiger partial charge in [0.2, 0.25) is 5.95 Å². The lowest BCUT2D eigenvalue weighted by Crippen LogP contribution is -2.11. The summed E-state index contributed by atoms with van der Waals surface area (Å²) in [7, 11) is 1.41. The third-order valence-electron chi connectivity index (χ3n) is 2.91. The summed E-state index contributed by atoms with van der Waals surface area (Å²) in [6, 6.07) is 5.16. The SMILES string of the molecule is COc1cc(-c2nc(N)nc(N)c2C#N)cc(I)c1OCC(=O)O. The van der Waals surface area contributed by atoms with Crippen molar-refractivity contribution in [3.05, 3.63) is 21.3 Å². The van der Waals surface area contributed by atoms with E-state index in [9.17, 15) is 10.1 Å². The molecule has 1 aromatic heterocycles. The fourth-order valence-electron chi connectivity index (χ4n) is 1.95. The lowest BCUT2D eigenvalue weighted by Gasteiger charge is -2.14. The molecular formula is C14H12IN5O4. The molecule has 10 heteroatoms. The zero-order chi connectivity index (χ0) is 17.9. The summed E-state index contributed by atoms with van der Waals surface area (Å²) < 4.78 is 11.1. The van der Waals surface area contributed by atoms with Crippen LogP contribution >= 0.6 is 22.6 Å². The van der Waals surface area contributed by atoms with Gasteiger partial charge < -0.3 is 26.0 Å². The first-order valence-electron chi connectivity index (χ1n) is 6.43. The van der Waals surface area contributed by atoms with Crippen LogP contribution in [0.15, 0.2) is 12.1 Å². The highest BCUT2D eigenvalue weighted by Gasteiger charge is 2.18. The third-order valence-corrected chi connectivity index (χ3v) is 3.71. The predicted molar refractivity (Wildman–Crippen MR) is 93.4 cm³/mol. The Labute approximate surface area is 150 Å². The second-order valence-corrected chi connectivity index (χ2v) is 5.64. The molecule has 0 aliphatic carbocycles. The normalized spacial score (nSPS) is 10.0. The maximum absolute atomic E-state index is 10.7. The molecule has 0 aliphatic heterocycles. The highest BCUT2D eigenvalue weighted by atomic mass is 127. The number of rotatable bonds is 5. The van der Waals surface area contributed by atoms with Crippen LogP contribution in [0.25, 0.3) is 11.3 Å². The Balaban J connectivity index is 2.60. The Morgan fingerprint density at radius 2 is 2.12 bits per heavy atom. The molecule has 0 saturated heterocycles. The maximum Gasteiger partial charge on any atom is 0.341 e. The highest BCUT2D eigenvalue weighted by Crippen LogP contribution is 2.38. The van der Waals surface area contributed by atoms with Gasteiger partial charge in [0, 0.05) is 5.56 Å². The van der Waals surface area contributed by atoms with E-state index in [1.165, 1.54) is 7.11 Å². The van der Waals surface area contributed by atoms with E-state index in [0.29, 0.717) is 9.13 Å². The highest BCUT2D eigenvalue weighted by molar-refractivity contribution is 14.1. The molecule has 0 saturated carbocycles. The molecular weight excluding hydrogens is 429 g/mol. The van der Waals surface area contributed by atoms with E-state index >= 15 is 0 Å². The molecule has 0 atom stereocenters. The second kappa shape index (κ2) is 7.18. The lowest BCUT2D eigenvalue weighted by molar-refractivity contribution is -0.139. The molecule has 0 fully saturated rings. The summed E-state index contributed by atoms with van der Waals surface area (Å²) >= 11 is 1.96. The van der Waals surface area contributed by atoms with Gasteiger partial charge in [0.05, 0.1) is 16.4 Å². The van der Waals surface area contributed by atoms with Crippen molar-refractivity contribution in [2.24, 2.45) is 0 Å². The van der Waals surface area contributed by atoms with Gasteiger partial charge in [-0.2, -0.15) is 10.2 Å². The van der Waals surface area contributed by atoms with Crippen LogP contribution in [0.5, 0.6) is 11.5 Å². The molecule has 9 nitrogen and oxygen atoms in total. The number of hydrogen-bond donors (Lipinski definition) is 3. The van der Waals surface area contributed by atoms with E-state index in [0.717, 1.165) is 0 Å². The summed E-state index contributed by atoms with van der Waals surface area (Å²) in [5, 5.41) is 18.0. The Kier molecular flexibility index (Phi) is 5.24. The molecule has 0 aliphatic rings. The third kappa shape index (κ3) is 3.57. The van der Waals surface area contributed by atoms with Crippen LogP contribution in [0.4, 0.5) is 11.8 Å². The number of nitrogens with zero attached hydrogens (tertiary/aromatic N) is 3. The fourth-order valence-corrected chi connectivity index (χ4v) is 2.70. The van der Waals surface area contributed by atoms with Crippen molar-refractivity contribution in [1.82, 2.24) is 9.97 Å². The van der Waals surface area contributed by atoms with Crippen LogP contribution in [-0.4, -0.2) is 34.8 Å². The van der Waals surface area contributed by atoms with Crippen LogP contribution in [0, 0.1) is 14.9 Å². The van der Waals surface area contributed by atoms with Gasteiger partial charge in [-0.3, -0.25) is 0 Å². The van der Waals surface area contributed by atoms with Crippen LogP contribution in [-0.2, 0) is 4.79 Å². The molecule has 0 radical (unpaired) electrons. The van der Waals surface area contributed by atoms with E-state index in [1.807, 2.05) is 28.7 Å². The quantitative estimate of drug-likeness (QED) is 0.581. The van der Waals surface area contributed by atoms with Crippen LogP contribution < -0.4 is 20.9 Å². The van der Waals surface area contributed by atoms with Gasteiger partial charge in [-0.15, -0.1) is 0 Å². The van der Waals surface area contributed by atoms with Crippen molar-refractivity contribution in [2.75, 3.05) is 25.2 Å². The van der Waals surface area contributed by atoms with E-state index in [4.69, 9.17) is 26.0 Å². The number of hydrogen-bond acceptors (Lipinski definition) is 8. The molecule has 0 unspecified atom stereocenters. The second-order valence-electron chi connectivity index (χ2n) is 4.47. The summed E-state index contributed by atoms with van der Waals surface area (Å²) in [5.41, 5.74) is 12.2. The molecule has 5 N–H and O–H groups in total. The number of aliphatic carboxylic acids is 1. The van der Waals surface area contributed by atoms with Crippen molar-refractivity contribution in [3.63, 3.8) is 0 Å². The van der Waals surface area contributed by atoms with E-state index in [1.54, 1.807) is 12.1 Å². The lowest BCUT2D eigenvalue weighted by atomic mass is 10.1. The Hall–Kier alpha value is -2.81. The Bertz CT molecular complexity index is 850. The maximum atomic E-state index is 10.7. The number of nitrogens with two attached hydrogens (primary N) is 2. The molecule has 0 amide bonds. The number of aromatic nitrogens is 2. The summed E-state index contributed by atoms with van der Waals surface area (Å²) in [5.74, 6) is -0.641. The van der Waals surface area contributed by atoms with Gasteiger partial charge in [-0.25, -0.2) is 9.78 Å². The molecule has 24 heavy (non-hydrogen) atoms. The fraction of sp³-hybridized carbons (Fsp3) is 0.143. The monoisotopic (exact) mass is 441 g/mol. The minimum Gasteiger partial charge on any atom is -0.493 e. The standard InChI is InChI=1S/C14H12IN5O4/c1-23-9-3-6(2-8(15)12(9)24-5-10(21)22)11-7(4-16)13(17)20-14(18)19-11/h2-3H,5H2,1H3,(H,21,22)(H4,17,18,19,20). The Morgan fingerprint density at radius 1 is 1.42 bits per heavy atom. The number of benzene rings is 1. The zero-order valence-corrected chi connectivity index (χ0v) is 14.6. The molecule has 124 valence electrons. The van der Waals surface area contributed by atoms with E-state index in [2.05, 4.69) is 9.97 Å². The Morgan fingerprint density at radius 3 is 2.71 bits per heavy atom. The minimum atomic E-state index is -1.11. The number of carboxylic acid groups (broad SMARTS) is 1. The molecule has 1 heterocycles. The number of nitriles is 1. The van der Waals surface area contributed by atoms with E-state index < -0.39 is 12.6 Å². The van der Waals surface area contributed by atoms with Gasteiger partial charge in [0.15, 0.2) is 18.1 Å². The largest absolute Gasteiger partial charge is 0.493 e. The average Bonchev–Trinajstić information content (AvgIpc) is 2.52. The smallest absolute Gasteiger partial charge is 0.341 e. The number of methoxy groups -OCH3 is 1. The zero-order valence-electron chi connectivity index (χ0n) is 12.4. The van der Waals surface area contributed by atoms with Crippen molar-refractivity contribution in [3.8, 4) is 28.8 Å². The van der Waals surface area contributed by atoms with E-state index in [-0.39, 0.29) is 34.5 Å². The number of halogens is 1. The molecule has 0 spiro atoms.